The third-order valence-corrected chi connectivity index (χ3v) is 4.91. The summed E-state index contributed by atoms with van der Waals surface area (Å²) in [7, 11) is -3.90. The average molecular weight is 351 g/mol. The number of amides is 1. The third kappa shape index (κ3) is 3.62. The molecule has 1 aromatic heterocycles. The molecular weight excluding hydrogens is 330 g/mol. The molecule has 0 spiro atoms. The molecule has 1 atom stereocenters. The number of sulfonamides is 1. The van der Waals surface area contributed by atoms with E-state index in [0.29, 0.717) is 23.5 Å². The van der Waals surface area contributed by atoms with Gasteiger partial charge in [-0.25, -0.2) is 23.2 Å². The molecule has 0 fully saturated rings. The van der Waals surface area contributed by atoms with Crippen LogP contribution in [0, 0.1) is 13.8 Å². The number of carbonyl (C=O) groups is 1. The zero-order valence-corrected chi connectivity index (χ0v) is 14.9. The van der Waals surface area contributed by atoms with E-state index in [4.69, 9.17) is 5.14 Å². The van der Waals surface area contributed by atoms with Gasteiger partial charge >= 0.3 is 0 Å². The number of benzene rings is 1. The molecule has 0 saturated carbocycles. The fraction of sp³-hybridized carbons (Fsp3) is 0.400. The molecule has 2 aromatic rings. The number of carbonyl (C=O) groups excluding carboxylic acids is 1. The molecule has 3 N–H and O–H groups in total. The lowest BCUT2D eigenvalue weighted by molar-refractivity contribution is 0.0937. The van der Waals surface area contributed by atoms with Gasteiger partial charge in [0.25, 0.3) is 5.91 Å². The molecule has 1 aromatic carbocycles. The number of aryl methyl sites for hydroxylation is 2. The van der Waals surface area contributed by atoms with Gasteiger partial charge in [-0.2, -0.15) is 5.10 Å². The molecule has 8 nitrogen and oxygen atoms in total. The van der Waals surface area contributed by atoms with E-state index in [-0.39, 0.29) is 16.5 Å². The van der Waals surface area contributed by atoms with Crippen molar-refractivity contribution in [3.05, 3.63) is 41.0 Å². The lowest BCUT2D eigenvalue weighted by Gasteiger charge is -2.15. The Morgan fingerprint density at radius 3 is 2.62 bits per heavy atom. The first-order chi connectivity index (χ1) is 11.1. The van der Waals surface area contributed by atoms with Crippen LogP contribution < -0.4 is 10.5 Å². The van der Waals surface area contributed by atoms with Crippen LogP contribution in [0.4, 0.5) is 0 Å². The Morgan fingerprint density at radius 1 is 1.38 bits per heavy atom. The first kappa shape index (κ1) is 18.1. The van der Waals surface area contributed by atoms with E-state index in [1.54, 1.807) is 31.5 Å². The smallest absolute Gasteiger partial charge is 0.251 e. The van der Waals surface area contributed by atoms with E-state index in [0.717, 1.165) is 0 Å². The van der Waals surface area contributed by atoms with Gasteiger partial charge in [0.15, 0.2) is 0 Å². The Bertz CT molecular complexity index is 873. The van der Waals surface area contributed by atoms with Crippen molar-refractivity contribution in [2.24, 2.45) is 5.14 Å². The Kier molecular flexibility index (Phi) is 5.05. The molecule has 0 aliphatic carbocycles. The predicted molar refractivity (Wildman–Crippen MR) is 88.9 cm³/mol. The fourth-order valence-corrected chi connectivity index (χ4v) is 3.33. The first-order valence-electron chi connectivity index (χ1n) is 7.47. The number of hydrogen-bond acceptors (Lipinski definition) is 5. The second-order valence-electron chi connectivity index (χ2n) is 5.59. The summed E-state index contributed by atoms with van der Waals surface area (Å²) >= 11 is 0. The standard InChI is InChI=1S/C15H21N5O3S/c1-5-20-14(17-8-18-20)11(4)19-15(21)12-6-9(2)10(3)13(7-12)24(16,22)23/h6-8,11H,5H2,1-4H3,(H,19,21)(H2,16,22,23)/t11-/m0/s1. The molecule has 2 rings (SSSR count). The minimum atomic E-state index is -3.90. The summed E-state index contributed by atoms with van der Waals surface area (Å²) in [5, 5.41) is 12.1. The van der Waals surface area contributed by atoms with E-state index in [1.807, 2.05) is 6.92 Å². The molecule has 1 amide bonds. The molecule has 0 bridgehead atoms. The van der Waals surface area contributed by atoms with Crippen LogP contribution in [0.25, 0.3) is 0 Å². The van der Waals surface area contributed by atoms with Gasteiger partial charge in [-0.1, -0.05) is 0 Å². The molecule has 0 aliphatic heterocycles. The summed E-state index contributed by atoms with van der Waals surface area (Å²) in [6, 6.07) is 2.56. The van der Waals surface area contributed by atoms with Crippen molar-refractivity contribution in [2.45, 2.75) is 45.2 Å². The van der Waals surface area contributed by atoms with Crippen LogP contribution >= 0.6 is 0 Å². The van der Waals surface area contributed by atoms with Gasteiger partial charge in [0.05, 0.1) is 10.9 Å². The molecular formula is C15H21N5O3S. The summed E-state index contributed by atoms with van der Waals surface area (Å²) in [5.41, 5.74) is 1.44. The number of nitrogens with two attached hydrogens (primary N) is 1. The normalized spacial score (nSPS) is 12.9. The Balaban J connectivity index is 2.32. The van der Waals surface area contributed by atoms with E-state index in [9.17, 15) is 13.2 Å². The Hall–Kier alpha value is -2.26. The van der Waals surface area contributed by atoms with Crippen molar-refractivity contribution in [1.82, 2.24) is 20.1 Å². The van der Waals surface area contributed by atoms with Crippen LogP contribution in [0.2, 0.25) is 0 Å². The van der Waals surface area contributed by atoms with Gasteiger partial charge < -0.3 is 5.32 Å². The van der Waals surface area contributed by atoms with Crippen molar-refractivity contribution in [3.8, 4) is 0 Å². The highest BCUT2D eigenvalue weighted by molar-refractivity contribution is 7.89. The van der Waals surface area contributed by atoms with Gasteiger partial charge in [0.1, 0.15) is 12.2 Å². The maximum atomic E-state index is 12.5. The summed E-state index contributed by atoms with van der Waals surface area (Å²) < 4.78 is 25.1. The molecule has 24 heavy (non-hydrogen) atoms. The number of nitrogens with zero attached hydrogens (tertiary/aromatic N) is 3. The van der Waals surface area contributed by atoms with Gasteiger partial charge in [-0.05, 0) is 51.0 Å². The SMILES string of the molecule is CCn1ncnc1[C@H](C)NC(=O)c1cc(C)c(C)c(S(N)(=O)=O)c1. The second kappa shape index (κ2) is 6.70. The summed E-state index contributed by atoms with van der Waals surface area (Å²) in [6.07, 6.45) is 1.43. The minimum Gasteiger partial charge on any atom is -0.342 e. The summed E-state index contributed by atoms with van der Waals surface area (Å²) in [6.45, 7) is 7.74. The van der Waals surface area contributed by atoms with Crippen molar-refractivity contribution >= 4 is 15.9 Å². The topological polar surface area (TPSA) is 120 Å². The molecule has 0 unspecified atom stereocenters. The molecule has 9 heteroatoms. The number of rotatable bonds is 5. The van der Waals surface area contributed by atoms with Crippen LogP contribution in [-0.2, 0) is 16.6 Å². The predicted octanol–water partition coefficient (Wildman–Crippen LogP) is 1.05. The monoisotopic (exact) mass is 351 g/mol. The Labute approximate surface area is 141 Å². The number of aromatic nitrogens is 3. The van der Waals surface area contributed by atoms with Gasteiger partial charge in [0, 0.05) is 12.1 Å². The van der Waals surface area contributed by atoms with Crippen molar-refractivity contribution in [1.29, 1.82) is 0 Å². The van der Waals surface area contributed by atoms with Crippen LogP contribution in [0.15, 0.2) is 23.4 Å². The van der Waals surface area contributed by atoms with Crippen LogP contribution in [-0.4, -0.2) is 29.1 Å². The quantitative estimate of drug-likeness (QED) is 0.834. The summed E-state index contributed by atoms with van der Waals surface area (Å²) in [4.78, 5) is 16.6. The Morgan fingerprint density at radius 2 is 2.04 bits per heavy atom. The van der Waals surface area contributed by atoms with E-state index < -0.39 is 15.9 Å². The molecule has 0 aliphatic rings. The maximum Gasteiger partial charge on any atom is 0.251 e. The number of hydrogen-bond donors (Lipinski definition) is 2. The molecule has 0 radical (unpaired) electrons. The average Bonchev–Trinajstić information content (AvgIpc) is 2.97. The highest BCUT2D eigenvalue weighted by Crippen LogP contribution is 2.20. The molecule has 1 heterocycles. The van der Waals surface area contributed by atoms with E-state index >= 15 is 0 Å². The van der Waals surface area contributed by atoms with E-state index in [2.05, 4.69) is 15.4 Å². The number of primary sulfonamides is 1. The largest absolute Gasteiger partial charge is 0.342 e. The zero-order chi connectivity index (χ0) is 18.1. The fourth-order valence-electron chi connectivity index (χ4n) is 2.45. The van der Waals surface area contributed by atoms with Gasteiger partial charge in [-0.3, -0.25) is 4.79 Å². The highest BCUT2D eigenvalue weighted by Gasteiger charge is 2.20. The molecule has 130 valence electrons. The lowest BCUT2D eigenvalue weighted by Crippen LogP contribution is -2.29. The van der Waals surface area contributed by atoms with Gasteiger partial charge in [-0.15, -0.1) is 0 Å². The lowest BCUT2D eigenvalue weighted by atomic mass is 10.1. The first-order valence-corrected chi connectivity index (χ1v) is 9.02. The van der Waals surface area contributed by atoms with Crippen LogP contribution in [0.5, 0.6) is 0 Å². The van der Waals surface area contributed by atoms with Gasteiger partial charge in [0.2, 0.25) is 10.0 Å². The van der Waals surface area contributed by atoms with E-state index in [1.165, 1.54) is 12.4 Å². The number of nitrogens with one attached hydrogen (secondary N) is 1. The highest BCUT2D eigenvalue weighted by atomic mass is 32.2. The van der Waals surface area contributed by atoms with Crippen molar-refractivity contribution in [2.75, 3.05) is 0 Å². The summed E-state index contributed by atoms with van der Waals surface area (Å²) in [5.74, 6) is 0.225. The zero-order valence-electron chi connectivity index (χ0n) is 14.1. The third-order valence-electron chi connectivity index (χ3n) is 3.87. The molecule has 0 saturated heterocycles. The maximum absolute atomic E-state index is 12.5. The second-order valence-corrected chi connectivity index (χ2v) is 7.12. The van der Waals surface area contributed by atoms with Crippen molar-refractivity contribution < 1.29 is 13.2 Å². The van der Waals surface area contributed by atoms with Crippen LogP contribution in [0.1, 0.15) is 47.2 Å². The van der Waals surface area contributed by atoms with Crippen molar-refractivity contribution in [3.63, 3.8) is 0 Å². The van der Waals surface area contributed by atoms with Crippen LogP contribution in [0.3, 0.4) is 0 Å². The minimum absolute atomic E-state index is 0.0444.